The predicted octanol–water partition coefficient (Wildman–Crippen LogP) is 3.87. The van der Waals surface area contributed by atoms with E-state index >= 15 is 0 Å². The summed E-state index contributed by atoms with van der Waals surface area (Å²) >= 11 is 0. The number of carbonyl (C=O) groups excluding carboxylic acids is 1. The smallest absolute Gasteiger partial charge is 0.258 e. The van der Waals surface area contributed by atoms with E-state index in [0.29, 0.717) is 23.8 Å². The number of pyridine rings is 1. The van der Waals surface area contributed by atoms with Gasteiger partial charge in [-0.05, 0) is 43.2 Å². The number of aryl methyl sites for hydroxylation is 2. The number of benzene rings is 2. The van der Waals surface area contributed by atoms with Gasteiger partial charge in [0, 0.05) is 18.0 Å². The van der Waals surface area contributed by atoms with Crippen LogP contribution in [0.15, 0.2) is 60.7 Å². The van der Waals surface area contributed by atoms with Crippen molar-refractivity contribution in [1.29, 1.82) is 0 Å². The molecule has 0 aliphatic rings. The van der Waals surface area contributed by atoms with Gasteiger partial charge in [0.2, 0.25) is 5.88 Å². The standard InChI is InChI=1S/C23H21FN4O2/c1-15-11-21(30-14-20(29)25-13-17-7-4-3-5-8-17)26-23-22(15)16(2)27-28(23)19-10-6-9-18(24)12-19/h3-12H,13-14H2,1-2H3,(H,25,29). The molecule has 4 aromatic rings. The van der Waals surface area contributed by atoms with Gasteiger partial charge in [-0.3, -0.25) is 4.79 Å². The van der Waals surface area contributed by atoms with Crippen LogP contribution in [-0.4, -0.2) is 27.3 Å². The van der Waals surface area contributed by atoms with Gasteiger partial charge in [0.05, 0.1) is 11.4 Å². The first kappa shape index (κ1) is 19.6. The average Bonchev–Trinajstić information content (AvgIpc) is 3.08. The zero-order valence-corrected chi connectivity index (χ0v) is 16.7. The largest absolute Gasteiger partial charge is 0.468 e. The molecule has 6 nitrogen and oxygen atoms in total. The molecule has 0 aliphatic heterocycles. The fourth-order valence-electron chi connectivity index (χ4n) is 3.32. The van der Waals surface area contributed by atoms with Gasteiger partial charge in [-0.1, -0.05) is 36.4 Å². The Kier molecular flexibility index (Phi) is 5.43. The molecule has 0 radical (unpaired) electrons. The van der Waals surface area contributed by atoms with Gasteiger partial charge in [0.25, 0.3) is 5.91 Å². The molecule has 30 heavy (non-hydrogen) atoms. The predicted molar refractivity (Wildman–Crippen MR) is 112 cm³/mol. The second kappa shape index (κ2) is 8.32. The Morgan fingerprint density at radius 1 is 1.10 bits per heavy atom. The molecule has 2 heterocycles. The Hall–Kier alpha value is -3.74. The summed E-state index contributed by atoms with van der Waals surface area (Å²) in [5.41, 5.74) is 3.83. The number of aromatic nitrogens is 3. The number of hydrogen-bond acceptors (Lipinski definition) is 4. The highest BCUT2D eigenvalue weighted by atomic mass is 19.1. The van der Waals surface area contributed by atoms with Crippen molar-refractivity contribution in [2.45, 2.75) is 20.4 Å². The summed E-state index contributed by atoms with van der Waals surface area (Å²) in [4.78, 5) is 16.7. The van der Waals surface area contributed by atoms with Crippen LogP contribution in [0.2, 0.25) is 0 Å². The topological polar surface area (TPSA) is 69.0 Å². The first-order chi connectivity index (χ1) is 14.5. The zero-order valence-electron chi connectivity index (χ0n) is 16.7. The highest BCUT2D eigenvalue weighted by molar-refractivity contribution is 5.84. The molecule has 1 N–H and O–H groups in total. The second-order valence-electron chi connectivity index (χ2n) is 7.00. The summed E-state index contributed by atoms with van der Waals surface area (Å²) in [6.45, 7) is 4.08. The number of carbonyl (C=O) groups is 1. The minimum Gasteiger partial charge on any atom is -0.468 e. The lowest BCUT2D eigenvalue weighted by molar-refractivity contribution is -0.123. The summed E-state index contributed by atoms with van der Waals surface area (Å²) in [7, 11) is 0. The zero-order chi connectivity index (χ0) is 21.1. The van der Waals surface area contributed by atoms with E-state index in [0.717, 1.165) is 22.2 Å². The summed E-state index contributed by atoms with van der Waals surface area (Å²) in [6.07, 6.45) is 0. The fraction of sp³-hybridized carbons (Fsp3) is 0.174. The maximum atomic E-state index is 13.7. The Balaban J connectivity index is 1.53. The van der Waals surface area contributed by atoms with Crippen molar-refractivity contribution in [3.05, 3.63) is 83.3 Å². The third kappa shape index (κ3) is 4.15. The number of rotatable bonds is 6. The van der Waals surface area contributed by atoms with Gasteiger partial charge >= 0.3 is 0 Å². The van der Waals surface area contributed by atoms with E-state index in [4.69, 9.17) is 4.74 Å². The van der Waals surface area contributed by atoms with Crippen molar-refractivity contribution in [3.8, 4) is 11.6 Å². The highest BCUT2D eigenvalue weighted by Crippen LogP contribution is 2.26. The molecule has 2 aromatic carbocycles. The Morgan fingerprint density at radius 2 is 1.90 bits per heavy atom. The molecule has 0 spiro atoms. The quantitative estimate of drug-likeness (QED) is 0.530. The molecule has 0 unspecified atom stereocenters. The van der Waals surface area contributed by atoms with Crippen molar-refractivity contribution in [3.63, 3.8) is 0 Å². The minimum absolute atomic E-state index is 0.155. The first-order valence-corrected chi connectivity index (χ1v) is 9.57. The van der Waals surface area contributed by atoms with Crippen LogP contribution >= 0.6 is 0 Å². The van der Waals surface area contributed by atoms with E-state index in [2.05, 4.69) is 15.4 Å². The summed E-state index contributed by atoms with van der Waals surface area (Å²) in [5.74, 6) is -0.284. The molecule has 152 valence electrons. The average molecular weight is 404 g/mol. The lowest BCUT2D eigenvalue weighted by atomic mass is 10.2. The summed E-state index contributed by atoms with van der Waals surface area (Å²) in [5, 5.41) is 8.21. The lowest BCUT2D eigenvalue weighted by Crippen LogP contribution is -2.28. The van der Waals surface area contributed by atoms with Gasteiger partial charge in [0.15, 0.2) is 12.3 Å². The molecule has 1 amide bonds. The first-order valence-electron chi connectivity index (χ1n) is 9.57. The molecule has 0 aliphatic carbocycles. The molecule has 2 aromatic heterocycles. The SMILES string of the molecule is Cc1cc(OCC(=O)NCc2ccccc2)nc2c1c(C)nn2-c1cccc(F)c1. The Labute approximate surface area is 173 Å². The highest BCUT2D eigenvalue weighted by Gasteiger charge is 2.15. The van der Waals surface area contributed by atoms with Crippen molar-refractivity contribution >= 4 is 16.9 Å². The molecule has 4 rings (SSSR count). The monoisotopic (exact) mass is 404 g/mol. The van der Waals surface area contributed by atoms with Crippen LogP contribution in [0.3, 0.4) is 0 Å². The number of fused-ring (bicyclic) bond motifs is 1. The second-order valence-corrected chi connectivity index (χ2v) is 7.00. The van der Waals surface area contributed by atoms with Crippen molar-refractivity contribution < 1.29 is 13.9 Å². The van der Waals surface area contributed by atoms with Crippen LogP contribution in [-0.2, 0) is 11.3 Å². The molecule has 0 atom stereocenters. The van der Waals surface area contributed by atoms with Crippen LogP contribution < -0.4 is 10.1 Å². The van der Waals surface area contributed by atoms with Crippen LogP contribution in [0.5, 0.6) is 5.88 Å². The number of nitrogens with zero attached hydrogens (tertiary/aromatic N) is 3. The van der Waals surface area contributed by atoms with E-state index in [1.165, 1.54) is 12.1 Å². The Morgan fingerprint density at radius 3 is 2.67 bits per heavy atom. The van der Waals surface area contributed by atoms with Crippen LogP contribution in [0.1, 0.15) is 16.8 Å². The van der Waals surface area contributed by atoms with Crippen LogP contribution in [0.25, 0.3) is 16.7 Å². The van der Waals surface area contributed by atoms with Gasteiger partial charge in [-0.2, -0.15) is 10.1 Å². The number of hydrogen-bond donors (Lipinski definition) is 1. The molecule has 0 saturated carbocycles. The maximum absolute atomic E-state index is 13.7. The summed E-state index contributed by atoms with van der Waals surface area (Å²) in [6, 6.07) is 17.6. The van der Waals surface area contributed by atoms with E-state index in [1.807, 2.05) is 44.2 Å². The maximum Gasteiger partial charge on any atom is 0.258 e. The van der Waals surface area contributed by atoms with E-state index in [-0.39, 0.29) is 18.3 Å². The minimum atomic E-state index is -0.354. The van der Waals surface area contributed by atoms with Gasteiger partial charge in [-0.15, -0.1) is 0 Å². The number of nitrogens with one attached hydrogen (secondary N) is 1. The lowest BCUT2D eigenvalue weighted by Gasteiger charge is -2.09. The fourth-order valence-corrected chi connectivity index (χ4v) is 3.32. The van der Waals surface area contributed by atoms with E-state index in [1.54, 1.807) is 22.9 Å². The third-order valence-electron chi connectivity index (χ3n) is 4.72. The summed E-state index contributed by atoms with van der Waals surface area (Å²) < 4.78 is 20.9. The number of halogens is 1. The van der Waals surface area contributed by atoms with E-state index in [9.17, 15) is 9.18 Å². The third-order valence-corrected chi connectivity index (χ3v) is 4.72. The molecular weight excluding hydrogens is 383 g/mol. The van der Waals surface area contributed by atoms with Crippen LogP contribution in [0.4, 0.5) is 4.39 Å². The van der Waals surface area contributed by atoms with Crippen molar-refractivity contribution in [1.82, 2.24) is 20.1 Å². The van der Waals surface area contributed by atoms with Crippen molar-refractivity contribution in [2.75, 3.05) is 6.61 Å². The van der Waals surface area contributed by atoms with Gasteiger partial charge < -0.3 is 10.1 Å². The van der Waals surface area contributed by atoms with Gasteiger partial charge in [-0.25, -0.2) is 9.07 Å². The van der Waals surface area contributed by atoms with Crippen molar-refractivity contribution in [2.24, 2.45) is 0 Å². The van der Waals surface area contributed by atoms with Crippen LogP contribution in [0, 0.1) is 19.7 Å². The van der Waals surface area contributed by atoms with E-state index < -0.39 is 0 Å². The number of amides is 1. The molecular formula is C23H21FN4O2. The molecule has 0 saturated heterocycles. The molecule has 0 fully saturated rings. The molecule has 0 bridgehead atoms. The normalized spacial score (nSPS) is 10.9. The van der Waals surface area contributed by atoms with Gasteiger partial charge in [0.1, 0.15) is 5.82 Å². The molecule has 7 heteroatoms. The number of ether oxygens (including phenoxy) is 1. The Bertz CT molecular complexity index is 1200.